The number of unbranched alkanes of at least 4 members (excludes halogenated alkanes) is 13. The van der Waals surface area contributed by atoms with Crippen LogP contribution in [0.2, 0.25) is 0 Å². The smallest absolute Gasteiger partial charge is 0.0888 e. The van der Waals surface area contributed by atoms with E-state index in [9.17, 15) is 0 Å². The summed E-state index contributed by atoms with van der Waals surface area (Å²) in [5.41, 5.74) is 0. The van der Waals surface area contributed by atoms with Gasteiger partial charge in [0.05, 0.1) is 6.10 Å². The third-order valence-electron chi connectivity index (χ3n) is 4.81. The third kappa shape index (κ3) is 12.1. The lowest BCUT2D eigenvalue weighted by Gasteiger charge is -2.11. The minimum absolute atomic E-state index is 0.270. The SMILES string of the molecule is CCCCCCCCCCCCCCCCOC(C)c1cccs1. The molecule has 24 heavy (non-hydrogen) atoms. The van der Waals surface area contributed by atoms with E-state index in [1.807, 2.05) is 0 Å². The summed E-state index contributed by atoms with van der Waals surface area (Å²) in [4.78, 5) is 1.35. The van der Waals surface area contributed by atoms with Gasteiger partial charge >= 0.3 is 0 Å². The fraction of sp³-hybridized carbons (Fsp3) is 0.818. The Bertz CT molecular complexity index is 347. The predicted molar refractivity (Wildman–Crippen MR) is 109 cm³/mol. The van der Waals surface area contributed by atoms with Crippen molar-refractivity contribution in [3.8, 4) is 0 Å². The summed E-state index contributed by atoms with van der Waals surface area (Å²) >= 11 is 1.79. The highest BCUT2D eigenvalue weighted by atomic mass is 32.1. The van der Waals surface area contributed by atoms with Crippen LogP contribution in [0.4, 0.5) is 0 Å². The standard InChI is InChI=1S/C22H40OS/c1-3-4-5-6-7-8-9-10-11-12-13-14-15-16-19-23-21(2)22-18-17-20-24-22/h17-18,20-21H,3-16,19H2,1-2H3. The molecule has 1 unspecified atom stereocenters. The average Bonchev–Trinajstić information content (AvgIpc) is 3.13. The van der Waals surface area contributed by atoms with Crippen molar-refractivity contribution < 1.29 is 4.74 Å². The van der Waals surface area contributed by atoms with Crippen molar-refractivity contribution in [2.24, 2.45) is 0 Å². The lowest BCUT2D eigenvalue weighted by Crippen LogP contribution is -1.99. The summed E-state index contributed by atoms with van der Waals surface area (Å²) in [7, 11) is 0. The number of hydrogen-bond donors (Lipinski definition) is 0. The molecule has 0 aliphatic carbocycles. The molecule has 0 saturated heterocycles. The molecule has 0 amide bonds. The van der Waals surface area contributed by atoms with Crippen LogP contribution in [0.1, 0.15) is 115 Å². The highest BCUT2D eigenvalue weighted by Gasteiger charge is 2.05. The van der Waals surface area contributed by atoms with Crippen molar-refractivity contribution in [1.82, 2.24) is 0 Å². The van der Waals surface area contributed by atoms with Crippen LogP contribution in [0.25, 0.3) is 0 Å². The van der Waals surface area contributed by atoms with Gasteiger partial charge in [-0.1, -0.05) is 96.5 Å². The molecule has 0 aromatic carbocycles. The van der Waals surface area contributed by atoms with E-state index in [2.05, 4.69) is 31.4 Å². The fourth-order valence-electron chi connectivity index (χ4n) is 3.16. The highest BCUT2D eigenvalue weighted by molar-refractivity contribution is 7.10. The first-order valence-electron chi connectivity index (χ1n) is 10.5. The highest BCUT2D eigenvalue weighted by Crippen LogP contribution is 2.22. The molecule has 0 N–H and O–H groups in total. The van der Waals surface area contributed by atoms with E-state index in [0.717, 1.165) is 6.61 Å². The van der Waals surface area contributed by atoms with Gasteiger partial charge in [-0.2, -0.15) is 0 Å². The molecule has 0 bridgehead atoms. The molecule has 2 heteroatoms. The minimum Gasteiger partial charge on any atom is -0.373 e. The molecule has 1 atom stereocenters. The quantitative estimate of drug-likeness (QED) is 0.256. The van der Waals surface area contributed by atoms with Gasteiger partial charge in [0.1, 0.15) is 0 Å². The Kier molecular flexibility index (Phi) is 14.6. The number of rotatable bonds is 17. The van der Waals surface area contributed by atoms with Crippen molar-refractivity contribution in [2.45, 2.75) is 110 Å². The maximum absolute atomic E-state index is 5.90. The molecule has 0 fully saturated rings. The molecule has 1 aromatic rings. The first-order valence-corrected chi connectivity index (χ1v) is 11.4. The summed E-state index contributed by atoms with van der Waals surface area (Å²) in [5, 5.41) is 2.13. The summed E-state index contributed by atoms with van der Waals surface area (Å²) in [5.74, 6) is 0. The second-order valence-corrected chi connectivity index (χ2v) is 8.10. The van der Waals surface area contributed by atoms with Gasteiger partial charge in [-0.3, -0.25) is 0 Å². The van der Waals surface area contributed by atoms with Crippen molar-refractivity contribution in [1.29, 1.82) is 0 Å². The van der Waals surface area contributed by atoms with Crippen LogP contribution in [-0.2, 0) is 4.74 Å². The topological polar surface area (TPSA) is 9.23 Å². The van der Waals surface area contributed by atoms with Gasteiger partial charge < -0.3 is 4.74 Å². The lowest BCUT2D eigenvalue weighted by atomic mass is 10.0. The largest absolute Gasteiger partial charge is 0.373 e. The Labute approximate surface area is 155 Å². The summed E-state index contributed by atoms with van der Waals surface area (Å²) < 4.78 is 5.90. The van der Waals surface area contributed by atoms with Crippen molar-refractivity contribution >= 4 is 11.3 Å². The van der Waals surface area contributed by atoms with Gasteiger partial charge in [0.2, 0.25) is 0 Å². The van der Waals surface area contributed by atoms with Gasteiger partial charge in [-0.25, -0.2) is 0 Å². The normalized spacial score (nSPS) is 12.6. The predicted octanol–water partition coefficient (Wildman–Crippen LogP) is 8.31. The first kappa shape index (κ1) is 21.7. The molecule has 0 aliphatic heterocycles. The van der Waals surface area contributed by atoms with E-state index in [1.54, 1.807) is 11.3 Å². The summed E-state index contributed by atoms with van der Waals surface area (Å²) in [6.07, 6.45) is 20.0. The van der Waals surface area contributed by atoms with Crippen LogP contribution < -0.4 is 0 Å². The number of ether oxygens (including phenoxy) is 1. The zero-order valence-corrected chi connectivity index (χ0v) is 17.0. The van der Waals surface area contributed by atoms with Crippen molar-refractivity contribution in [3.05, 3.63) is 22.4 Å². The van der Waals surface area contributed by atoms with Gasteiger partial charge in [0.15, 0.2) is 0 Å². The van der Waals surface area contributed by atoms with E-state index < -0.39 is 0 Å². The fourth-order valence-corrected chi connectivity index (χ4v) is 3.89. The molecule has 1 rings (SSSR count). The number of thiophene rings is 1. The van der Waals surface area contributed by atoms with E-state index in [-0.39, 0.29) is 6.10 Å². The Morgan fingerprint density at radius 3 is 1.75 bits per heavy atom. The van der Waals surface area contributed by atoms with E-state index in [1.165, 1.54) is 94.8 Å². The van der Waals surface area contributed by atoms with E-state index >= 15 is 0 Å². The van der Waals surface area contributed by atoms with Crippen LogP contribution in [0.15, 0.2) is 17.5 Å². The second kappa shape index (κ2) is 16.1. The zero-order valence-electron chi connectivity index (χ0n) is 16.2. The van der Waals surface area contributed by atoms with Gasteiger partial charge in [-0.15, -0.1) is 11.3 Å². The summed E-state index contributed by atoms with van der Waals surface area (Å²) in [6, 6.07) is 4.27. The van der Waals surface area contributed by atoms with Gasteiger partial charge in [0.25, 0.3) is 0 Å². The van der Waals surface area contributed by atoms with E-state index in [4.69, 9.17) is 4.74 Å². The third-order valence-corrected chi connectivity index (χ3v) is 5.84. The average molecular weight is 353 g/mol. The van der Waals surface area contributed by atoms with Crippen LogP contribution in [0.3, 0.4) is 0 Å². The van der Waals surface area contributed by atoms with Crippen LogP contribution in [0.5, 0.6) is 0 Å². The summed E-state index contributed by atoms with van der Waals surface area (Å²) in [6.45, 7) is 5.37. The molecule has 1 heterocycles. The van der Waals surface area contributed by atoms with E-state index in [0.29, 0.717) is 0 Å². The molecule has 0 spiro atoms. The Morgan fingerprint density at radius 1 is 0.792 bits per heavy atom. The lowest BCUT2D eigenvalue weighted by molar-refractivity contribution is 0.0651. The molecular weight excluding hydrogens is 312 g/mol. The van der Waals surface area contributed by atoms with Crippen molar-refractivity contribution in [2.75, 3.05) is 6.61 Å². The molecular formula is C22H40OS. The Morgan fingerprint density at radius 2 is 1.29 bits per heavy atom. The molecule has 0 aliphatic rings. The molecule has 1 aromatic heterocycles. The number of hydrogen-bond acceptors (Lipinski definition) is 2. The maximum Gasteiger partial charge on any atom is 0.0888 e. The van der Waals surface area contributed by atoms with Crippen LogP contribution in [0, 0.1) is 0 Å². The molecule has 140 valence electrons. The van der Waals surface area contributed by atoms with Gasteiger partial charge in [0, 0.05) is 11.5 Å². The Hall–Kier alpha value is -0.340. The minimum atomic E-state index is 0.270. The monoisotopic (exact) mass is 352 g/mol. The second-order valence-electron chi connectivity index (χ2n) is 7.12. The molecule has 1 nitrogen and oxygen atoms in total. The van der Waals surface area contributed by atoms with Crippen LogP contribution in [-0.4, -0.2) is 6.61 Å². The maximum atomic E-state index is 5.90. The van der Waals surface area contributed by atoms with Gasteiger partial charge in [-0.05, 0) is 24.8 Å². The molecule has 0 saturated carbocycles. The zero-order chi connectivity index (χ0) is 17.3. The van der Waals surface area contributed by atoms with Crippen LogP contribution >= 0.6 is 11.3 Å². The van der Waals surface area contributed by atoms with Crippen molar-refractivity contribution in [3.63, 3.8) is 0 Å². The Balaban J connectivity index is 1.73. The first-order chi connectivity index (χ1) is 11.8. The molecule has 0 radical (unpaired) electrons.